The van der Waals surface area contributed by atoms with Crippen LogP contribution >= 0.6 is 0 Å². The summed E-state index contributed by atoms with van der Waals surface area (Å²) in [5.41, 5.74) is -0.0563. The molecule has 0 spiro atoms. The first kappa shape index (κ1) is 26.2. The third kappa shape index (κ3) is 7.24. The molecule has 2 N–H and O–H groups in total. The number of nitrogens with one attached hydrogen (secondary N) is 2. The van der Waals surface area contributed by atoms with Crippen LogP contribution in [0.3, 0.4) is 0 Å². The van der Waals surface area contributed by atoms with Gasteiger partial charge in [0.2, 0.25) is 11.8 Å². The topological polar surface area (TPSA) is 87.7 Å². The molecule has 0 aromatic heterocycles. The average molecular weight is 456 g/mol. The fourth-order valence-electron chi connectivity index (χ4n) is 3.67. The second kappa shape index (κ2) is 10.3. The molecule has 0 aliphatic heterocycles. The lowest BCUT2D eigenvalue weighted by molar-refractivity contribution is -0.147. The Balaban J connectivity index is 2.46. The Labute approximate surface area is 197 Å². The summed E-state index contributed by atoms with van der Waals surface area (Å²) in [5, 5.41) is 5.62. The van der Waals surface area contributed by atoms with Crippen LogP contribution in [0.1, 0.15) is 84.9 Å². The summed E-state index contributed by atoms with van der Waals surface area (Å²) < 4.78 is 5.31. The predicted molar refractivity (Wildman–Crippen MR) is 128 cm³/mol. The normalized spacial score (nSPS) is 15.9. The van der Waals surface area contributed by atoms with E-state index < -0.39 is 29.3 Å². The molecule has 180 valence electrons. The van der Waals surface area contributed by atoms with Crippen molar-refractivity contribution in [2.24, 2.45) is 0 Å². The Morgan fingerprint density at radius 2 is 1.73 bits per heavy atom. The lowest BCUT2D eigenvalue weighted by atomic mass is 9.87. The maximum Gasteiger partial charge on any atom is 0.408 e. The molecule has 0 heterocycles. The van der Waals surface area contributed by atoms with Gasteiger partial charge in [-0.25, -0.2) is 4.79 Å². The minimum atomic E-state index is -0.919. The van der Waals surface area contributed by atoms with Crippen LogP contribution in [-0.2, 0) is 14.3 Å². The maximum atomic E-state index is 13.7. The van der Waals surface area contributed by atoms with Gasteiger partial charge in [0.15, 0.2) is 0 Å². The van der Waals surface area contributed by atoms with Crippen LogP contribution in [0.2, 0.25) is 0 Å². The molecular formula is C26H37N3O4. The second-order valence-electron chi connectivity index (χ2n) is 10.6. The average Bonchev–Trinajstić information content (AvgIpc) is 2.62. The van der Waals surface area contributed by atoms with Gasteiger partial charge >= 0.3 is 6.09 Å². The Kier molecular flexibility index (Phi) is 8.18. The van der Waals surface area contributed by atoms with Crippen LogP contribution in [0.15, 0.2) is 24.3 Å². The molecule has 2 atom stereocenters. The van der Waals surface area contributed by atoms with E-state index in [-0.39, 0.29) is 17.9 Å². The van der Waals surface area contributed by atoms with E-state index in [0.29, 0.717) is 11.1 Å². The highest BCUT2D eigenvalue weighted by Gasteiger charge is 2.42. The number of hydrogen-bond donors (Lipinski definition) is 2. The number of nitrogens with zero attached hydrogens (tertiary/aromatic N) is 1. The van der Waals surface area contributed by atoms with E-state index in [1.54, 1.807) is 56.9 Å². The SMILES string of the molecule is C#Cc1ccccc1C(C(=O)NC(C)(C)C)N(C(=O)C(C)NC(=O)OC(C)(C)C)C1CCC1. The molecule has 1 aromatic carbocycles. The fourth-order valence-corrected chi connectivity index (χ4v) is 3.67. The van der Waals surface area contributed by atoms with Crippen molar-refractivity contribution in [1.29, 1.82) is 0 Å². The van der Waals surface area contributed by atoms with Gasteiger partial charge in [-0.05, 0) is 79.4 Å². The minimum absolute atomic E-state index is 0.123. The van der Waals surface area contributed by atoms with E-state index >= 15 is 0 Å². The Morgan fingerprint density at radius 3 is 2.21 bits per heavy atom. The molecule has 3 amide bonds. The lowest BCUT2D eigenvalue weighted by Crippen LogP contribution is -2.58. The third-order valence-corrected chi connectivity index (χ3v) is 5.26. The summed E-state index contributed by atoms with van der Waals surface area (Å²) in [5.74, 6) is 1.98. The smallest absolute Gasteiger partial charge is 0.408 e. The molecule has 1 fully saturated rings. The molecule has 2 rings (SSSR count). The monoisotopic (exact) mass is 455 g/mol. The summed E-state index contributed by atoms with van der Waals surface area (Å²) >= 11 is 0. The number of alkyl carbamates (subject to hydrolysis) is 1. The molecule has 7 nitrogen and oxygen atoms in total. The third-order valence-electron chi connectivity index (χ3n) is 5.26. The number of carbonyl (C=O) groups excluding carboxylic acids is 3. The number of amides is 3. The Morgan fingerprint density at radius 1 is 1.12 bits per heavy atom. The van der Waals surface area contributed by atoms with Crippen LogP contribution in [-0.4, -0.2) is 46.0 Å². The molecule has 33 heavy (non-hydrogen) atoms. The van der Waals surface area contributed by atoms with E-state index in [0.717, 1.165) is 19.3 Å². The van der Waals surface area contributed by atoms with Gasteiger partial charge in [0.25, 0.3) is 0 Å². The van der Waals surface area contributed by atoms with Crippen LogP contribution in [0.5, 0.6) is 0 Å². The zero-order chi connectivity index (χ0) is 25.0. The molecule has 7 heteroatoms. The van der Waals surface area contributed by atoms with Gasteiger partial charge in [-0.15, -0.1) is 6.42 Å². The molecular weight excluding hydrogens is 418 g/mol. The first-order valence-electron chi connectivity index (χ1n) is 11.4. The van der Waals surface area contributed by atoms with E-state index in [9.17, 15) is 14.4 Å². The van der Waals surface area contributed by atoms with E-state index in [4.69, 9.17) is 11.2 Å². The second-order valence-corrected chi connectivity index (χ2v) is 10.6. The fraction of sp³-hybridized carbons (Fsp3) is 0.577. The predicted octanol–water partition coefficient (Wildman–Crippen LogP) is 3.92. The van der Waals surface area contributed by atoms with Gasteiger partial charge in [0.05, 0.1) is 0 Å². The highest BCUT2D eigenvalue weighted by molar-refractivity contribution is 5.92. The lowest BCUT2D eigenvalue weighted by Gasteiger charge is -2.44. The summed E-state index contributed by atoms with van der Waals surface area (Å²) in [6.45, 7) is 12.5. The van der Waals surface area contributed by atoms with Gasteiger partial charge in [-0.1, -0.05) is 24.1 Å². The zero-order valence-electron chi connectivity index (χ0n) is 20.8. The Hall–Kier alpha value is -3.01. The van der Waals surface area contributed by atoms with E-state index in [2.05, 4.69) is 16.6 Å². The highest BCUT2D eigenvalue weighted by Crippen LogP contribution is 2.35. The molecule has 1 saturated carbocycles. The van der Waals surface area contributed by atoms with Crippen molar-refractivity contribution in [2.75, 3.05) is 0 Å². The van der Waals surface area contributed by atoms with E-state index in [1.165, 1.54) is 0 Å². The van der Waals surface area contributed by atoms with Gasteiger partial charge in [0.1, 0.15) is 17.7 Å². The van der Waals surface area contributed by atoms with Gasteiger partial charge < -0.3 is 20.3 Å². The van der Waals surface area contributed by atoms with Gasteiger partial charge in [-0.3, -0.25) is 9.59 Å². The maximum absolute atomic E-state index is 13.7. The van der Waals surface area contributed by atoms with E-state index in [1.807, 2.05) is 20.8 Å². The van der Waals surface area contributed by atoms with Crippen molar-refractivity contribution >= 4 is 17.9 Å². The first-order chi connectivity index (χ1) is 15.2. The number of rotatable bonds is 6. The molecule has 1 aliphatic rings. The van der Waals surface area contributed by atoms with Crippen LogP contribution < -0.4 is 10.6 Å². The zero-order valence-corrected chi connectivity index (χ0v) is 20.8. The van der Waals surface area contributed by atoms with Crippen molar-refractivity contribution in [3.05, 3.63) is 35.4 Å². The number of carbonyl (C=O) groups is 3. The summed E-state index contributed by atoms with van der Waals surface area (Å²) in [7, 11) is 0. The van der Waals surface area contributed by atoms with Crippen molar-refractivity contribution in [3.8, 4) is 12.3 Å². The summed E-state index contributed by atoms with van der Waals surface area (Å²) in [6.07, 6.45) is 7.58. The van der Waals surface area contributed by atoms with Gasteiger partial charge in [0, 0.05) is 17.1 Å². The minimum Gasteiger partial charge on any atom is -0.444 e. The standard InChI is InChI=1S/C26H37N3O4/c1-9-18-13-10-11-16-20(18)21(22(30)28-25(3,4)5)29(19-14-12-15-19)23(31)17(2)27-24(32)33-26(6,7)8/h1,10-11,13,16-17,19,21H,12,14-15H2,2-8H3,(H,27,32)(H,28,30). The molecule has 1 aliphatic carbocycles. The molecule has 0 saturated heterocycles. The number of benzene rings is 1. The number of ether oxygens (including phenoxy) is 1. The number of hydrogen-bond acceptors (Lipinski definition) is 4. The van der Waals surface area contributed by atoms with Crippen molar-refractivity contribution in [3.63, 3.8) is 0 Å². The van der Waals surface area contributed by atoms with Crippen LogP contribution in [0.4, 0.5) is 4.79 Å². The van der Waals surface area contributed by atoms with Crippen molar-refractivity contribution in [2.45, 2.75) is 97.0 Å². The van der Waals surface area contributed by atoms with Crippen LogP contribution in [0.25, 0.3) is 0 Å². The molecule has 1 aromatic rings. The largest absolute Gasteiger partial charge is 0.444 e. The summed E-state index contributed by atoms with van der Waals surface area (Å²) in [4.78, 5) is 41.2. The highest BCUT2D eigenvalue weighted by atomic mass is 16.6. The number of terminal acetylenes is 1. The van der Waals surface area contributed by atoms with Crippen molar-refractivity contribution in [1.82, 2.24) is 15.5 Å². The molecule has 0 bridgehead atoms. The van der Waals surface area contributed by atoms with Gasteiger partial charge in [-0.2, -0.15) is 0 Å². The first-order valence-corrected chi connectivity index (χ1v) is 11.4. The summed E-state index contributed by atoms with van der Waals surface area (Å²) in [6, 6.07) is 5.23. The molecule has 2 unspecified atom stereocenters. The quantitative estimate of drug-likeness (QED) is 0.637. The van der Waals surface area contributed by atoms with Crippen LogP contribution in [0, 0.1) is 12.3 Å². The Bertz CT molecular complexity index is 917. The van der Waals surface area contributed by atoms with Crippen molar-refractivity contribution < 1.29 is 19.1 Å². The molecule has 0 radical (unpaired) electrons.